The number of rotatable bonds is 7. The SMILES string of the molecule is CCC(C)N(C)CCNCc1ccc(F)cc1C(F)(F)F. The Morgan fingerprint density at radius 3 is 2.52 bits per heavy atom. The van der Waals surface area contributed by atoms with Gasteiger partial charge in [0, 0.05) is 25.7 Å². The highest BCUT2D eigenvalue weighted by atomic mass is 19.4. The van der Waals surface area contributed by atoms with Crippen molar-refractivity contribution in [3.8, 4) is 0 Å². The van der Waals surface area contributed by atoms with Gasteiger partial charge >= 0.3 is 6.18 Å². The van der Waals surface area contributed by atoms with Gasteiger partial charge < -0.3 is 10.2 Å². The standard InChI is InChI=1S/C15H22F4N2/c1-4-11(2)21(3)8-7-20-10-12-5-6-13(16)9-14(12)15(17,18)19/h5-6,9,11,20H,4,7-8,10H2,1-3H3. The highest BCUT2D eigenvalue weighted by Gasteiger charge is 2.33. The average Bonchev–Trinajstić information content (AvgIpc) is 2.42. The number of nitrogens with one attached hydrogen (secondary N) is 1. The van der Waals surface area contributed by atoms with Crippen molar-refractivity contribution < 1.29 is 17.6 Å². The zero-order chi connectivity index (χ0) is 16.0. The lowest BCUT2D eigenvalue weighted by Crippen LogP contribution is -2.35. The van der Waals surface area contributed by atoms with E-state index < -0.39 is 17.6 Å². The Morgan fingerprint density at radius 1 is 1.29 bits per heavy atom. The monoisotopic (exact) mass is 306 g/mol. The first-order valence-electron chi connectivity index (χ1n) is 7.02. The number of nitrogens with zero attached hydrogens (tertiary/aromatic N) is 1. The quantitative estimate of drug-likeness (QED) is 0.611. The molecule has 0 saturated heterocycles. The lowest BCUT2D eigenvalue weighted by Gasteiger charge is -2.23. The normalized spacial score (nSPS) is 13.7. The van der Waals surface area contributed by atoms with Crippen LogP contribution in [0.5, 0.6) is 0 Å². The second-order valence-electron chi connectivity index (χ2n) is 5.21. The summed E-state index contributed by atoms with van der Waals surface area (Å²) < 4.78 is 51.4. The van der Waals surface area contributed by atoms with Crippen LogP contribution in [0.25, 0.3) is 0 Å². The molecule has 1 rings (SSSR count). The van der Waals surface area contributed by atoms with E-state index in [9.17, 15) is 17.6 Å². The van der Waals surface area contributed by atoms with Crippen LogP contribution < -0.4 is 5.32 Å². The first-order valence-corrected chi connectivity index (χ1v) is 7.02. The molecule has 0 saturated carbocycles. The Labute approximate surface area is 123 Å². The third-order valence-electron chi connectivity index (χ3n) is 3.68. The molecule has 0 aromatic heterocycles. The van der Waals surface area contributed by atoms with Gasteiger partial charge in [-0.1, -0.05) is 13.0 Å². The summed E-state index contributed by atoms with van der Waals surface area (Å²) >= 11 is 0. The van der Waals surface area contributed by atoms with Gasteiger partial charge in [-0.05, 0) is 38.1 Å². The van der Waals surface area contributed by atoms with Gasteiger partial charge in [0.15, 0.2) is 0 Å². The molecular formula is C15H22F4N2. The third-order valence-corrected chi connectivity index (χ3v) is 3.68. The molecule has 0 heterocycles. The van der Waals surface area contributed by atoms with E-state index in [1.165, 1.54) is 6.07 Å². The Bertz CT molecular complexity index is 446. The second kappa shape index (κ2) is 7.75. The van der Waals surface area contributed by atoms with E-state index in [1.807, 2.05) is 7.05 Å². The minimum atomic E-state index is -4.54. The molecule has 0 amide bonds. The van der Waals surface area contributed by atoms with Crippen molar-refractivity contribution >= 4 is 0 Å². The van der Waals surface area contributed by atoms with Gasteiger partial charge in [-0.3, -0.25) is 0 Å². The third kappa shape index (κ3) is 5.63. The van der Waals surface area contributed by atoms with Crippen molar-refractivity contribution in [2.75, 3.05) is 20.1 Å². The Morgan fingerprint density at radius 2 is 1.95 bits per heavy atom. The highest BCUT2D eigenvalue weighted by Crippen LogP contribution is 2.32. The van der Waals surface area contributed by atoms with Crippen LogP contribution >= 0.6 is 0 Å². The van der Waals surface area contributed by atoms with E-state index in [0.717, 1.165) is 19.0 Å². The van der Waals surface area contributed by atoms with E-state index in [0.29, 0.717) is 18.7 Å². The largest absolute Gasteiger partial charge is 0.416 e. The number of hydrogen-bond acceptors (Lipinski definition) is 2. The fourth-order valence-electron chi connectivity index (χ4n) is 1.98. The summed E-state index contributed by atoms with van der Waals surface area (Å²) in [6.45, 7) is 5.58. The minimum Gasteiger partial charge on any atom is -0.311 e. The summed E-state index contributed by atoms with van der Waals surface area (Å²) in [5, 5.41) is 2.98. The van der Waals surface area contributed by atoms with Gasteiger partial charge in [-0.25, -0.2) is 4.39 Å². The summed E-state index contributed by atoms with van der Waals surface area (Å²) in [6, 6.07) is 3.21. The molecule has 6 heteroatoms. The van der Waals surface area contributed by atoms with Gasteiger partial charge in [-0.15, -0.1) is 0 Å². The molecule has 120 valence electrons. The van der Waals surface area contributed by atoms with Crippen molar-refractivity contribution in [1.29, 1.82) is 0 Å². The van der Waals surface area contributed by atoms with E-state index >= 15 is 0 Å². The van der Waals surface area contributed by atoms with Gasteiger partial charge in [0.1, 0.15) is 5.82 Å². The van der Waals surface area contributed by atoms with Crippen molar-refractivity contribution in [3.05, 3.63) is 35.1 Å². The molecule has 0 aliphatic rings. The van der Waals surface area contributed by atoms with Gasteiger partial charge in [-0.2, -0.15) is 13.2 Å². The minimum absolute atomic E-state index is 0.0649. The zero-order valence-corrected chi connectivity index (χ0v) is 12.6. The molecule has 1 unspecified atom stereocenters. The van der Waals surface area contributed by atoms with Crippen LogP contribution in [0.1, 0.15) is 31.4 Å². The first kappa shape index (κ1) is 17.9. The Balaban J connectivity index is 2.56. The fraction of sp³-hybridized carbons (Fsp3) is 0.600. The Kier molecular flexibility index (Phi) is 6.61. The molecule has 1 aromatic carbocycles. The van der Waals surface area contributed by atoms with Crippen LogP contribution in [0.3, 0.4) is 0 Å². The van der Waals surface area contributed by atoms with Crippen molar-refractivity contribution in [2.45, 2.75) is 39.0 Å². The molecule has 0 aliphatic heterocycles. The Hall–Kier alpha value is -1.14. The van der Waals surface area contributed by atoms with Crippen LogP contribution in [0.15, 0.2) is 18.2 Å². The molecule has 1 N–H and O–H groups in total. The van der Waals surface area contributed by atoms with Gasteiger partial charge in [0.25, 0.3) is 0 Å². The maximum absolute atomic E-state index is 13.0. The number of alkyl halides is 3. The zero-order valence-electron chi connectivity index (χ0n) is 12.6. The van der Waals surface area contributed by atoms with Gasteiger partial charge in [0.2, 0.25) is 0 Å². The number of hydrogen-bond donors (Lipinski definition) is 1. The number of halogens is 4. The van der Waals surface area contributed by atoms with Crippen LogP contribution in [0.4, 0.5) is 17.6 Å². The predicted molar refractivity (Wildman–Crippen MR) is 75.5 cm³/mol. The number of likely N-dealkylation sites (N-methyl/N-ethyl adjacent to an activating group) is 1. The molecule has 2 nitrogen and oxygen atoms in total. The highest BCUT2D eigenvalue weighted by molar-refractivity contribution is 5.30. The molecule has 0 fully saturated rings. The molecule has 0 aliphatic carbocycles. The number of benzene rings is 1. The maximum atomic E-state index is 13.0. The summed E-state index contributed by atoms with van der Waals surface area (Å²) in [6.07, 6.45) is -3.51. The molecule has 0 spiro atoms. The summed E-state index contributed by atoms with van der Waals surface area (Å²) in [5.41, 5.74) is -0.847. The summed E-state index contributed by atoms with van der Waals surface area (Å²) in [4.78, 5) is 2.14. The van der Waals surface area contributed by atoms with Crippen molar-refractivity contribution in [3.63, 3.8) is 0 Å². The summed E-state index contributed by atoms with van der Waals surface area (Å²) in [5.74, 6) is -0.873. The lowest BCUT2D eigenvalue weighted by molar-refractivity contribution is -0.138. The maximum Gasteiger partial charge on any atom is 0.416 e. The van der Waals surface area contributed by atoms with E-state index in [4.69, 9.17) is 0 Å². The molecule has 0 radical (unpaired) electrons. The summed E-state index contributed by atoms with van der Waals surface area (Å²) in [7, 11) is 1.98. The topological polar surface area (TPSA) is 15.3 Å². The van der Waals surface area contributed by atoms with Crippen LogP contribution in [-0.4, -0.2) is 31.1 Å². The molecular weight excluding hydrogens is 284 g/mol. The molecule has 21 heavy (non-hydrogen) atoms. The van der Waals surface area contributed by atoms with Gasteiger partial charge in [0.05, 0.1) is 5.56 Å². The van der Waals surface area contributed by atoms with Crippen LogP contribution in [0, 0.1) is 5.82 Å². The molecule has 1 atom stereocenters. The van der Waals surface area contributed by atoms with E-state index in [-0.39, 0.29) is 12.1 Å². The van der Waals surface area contributed by atoms with E-state index in [2.05, 4.69) is 24.1 Å². The van der Waals surface area contributed by atoms with Crippen LogP contribution in [-0.2, 0) is 12.7 Å². The van der Waals surface area contributed by atoms with Crippen molar-refractivity contribution in [1.82, 2.24) is 10.2 Å². The second-order valence-corrected chi connectivity index (χ2v) is 5.21. The molecule has 1 aromatic rings. The first-order chi connectivity index (χ1) is 9.75. The smallest absolute Gasteiger partial charge is 0.311 e. The molecule has 0 bridgehead atoms. The van der Waals surface area contributed by atoms with Crippen molar-refractivity contribution in [2.24, 2.45) is 0 Å². The van der Waals surface area contributed by atoms with Crippen LogP contribution in [0.2, 0.25) is 0 Å². The lowest BCUT2D eigenvalue weighted by atomic mass is 10.1. The fourth-order valence-corrected chi connectivity index (χ4v) is 1.98. The van der Waals surface area contributed by atoms with E-state index in [1.54, 1.807) is 0 Å². The predicted octanol–water partition coefficient (Wildman–Crippen LogP) is 3.66. The average molecular weight is 306 g/mol.